The van der Waals surface area contributed by atoms with E-state index in [9.17, 15) is 0 Å². The van der Waals surface area contributed by atoms with Gasteiger partial charge in [0.2, 0.25) is 5.88 Å². The lowest BCUT2D eigenvalue weighted by atomic mass is 10.3. The highest BCUT2D eigenvalue weighted by molar-refractivity contribution is 5.37. The van der Waals surface area contributed by atoms with Crippen LogP contribution in [0, 0.1) is 0 Å². The number of hydrogen-bond donors (Lipinski definition) is 1. The van der Waals surface area contributed by atoms with Crippen molar-refractivity contribution in [1.29, 1.82) is 0 Å². The van der Waals surface area contributed by atoms with Crippen molar-refractivity contribution in [3.05, 3.63) is 66.2 Å². The lowest BCUT2D eigenvalue weighted by Gasteiger charge is -2.08. The molecule has 1 aliphatic carbocycles. The highest BCUT2D eigenvalue weighted by Gasteiger charge is 2.26. The van der Waals surface area contributed by atoms with Crippen LogP contribution < -0.4 is 14.8 Å². The van der Waals surface area contributed by atoms with E-state index in [1.54, 1.807) is 13.3 Å². The number of pyridine rings is 1. The van der Waals surface area contributed by atoms with E-state index in [-0.39, 0.29) is 0 Å². The molecule has 0 saturated heterocycles. The molecule has 1 aliphatic rings. The van der Waals surface area contributed by atoms with Gasteiger partial charge in [-0.15, -0.1) is 0 Å². The summed E-state index contributed by atoms with van der Waals surface area (Å²) >= 11 is 0. The van der Waals surface area contributed by atoms with Gasteiger partial charge < -0.3 is 14.8 Å². The lowest BCUT2D eigenvalue weighted by Crippen LogP contribution is -2.04. The maximum Gasteiger partial charge on any atom is 0.219 e. The van der Waals surface area contributed by atoms with E-state index in [1.807, 2.05) is 48.7 Å². The monoisotopic (exact) mass is 348 g/mol. The smallest absolute Gasteiger partial charge is 0.219 e. The zero-order valence-electron chi connectivity index (χ0n) is 14.6. The van der Waals surface area contributed by atoms with Gasteiger partial charge in [0.1, 0.15) is 23.1 Å². The van der Waals surface area contributed by atoms with Crippen LogP contribution >= 0.6 is 0 Å². The molecule has 0 radical (unpaired) electrons. The number of benzene rings is 1. The Kier molecular flexibility index (Phi) is 4.64. The number of anilines is 1. The minimum absolute atomic E-state index is 0.542. The highest BCUT2D eigenvalue weighted by Crippen LogP contribution is 2.38. The normalized spacial score (nSPS) is 13.3. The van der Waals surface area contributed by atoms with E-state index in [0.29, 0.717) is 24.1 Å². The molecule has 2 aromatic heterocycles. The topological polar surface area (TPSA) is 69.2 Å². The van der Waals surface area contributed by atoms with Crippen LogP contribution in [0.5, 0.6) is 17.4 Å². The molecule has 0 spiro atoms. The van der Waals surface area contributed by atoms with Crippen molar-refractivity contribution in [2.24, 2.45) is 0 Å². The Hall–Kier alpha value is -3.15. The van der Waals surface area contributed by atoms with Gasteiger partial charge in [0.05, 0.1) is 7.11 Å². The Labute approximate surface area is 152 Å². The van der Waals surface area contributed by atoms with Gasteiger partial charge in [-0.3, -0.25) is 0 Å². The molecule has 0 atom stereocenters. The molecule has 0 unspecified atom stereocenters. The van der Waals surface area contributed by atoms with Gasteiger partial charge in [-0.05, 0) is 36.6 Å². The largest absolute Gasteiger partial charge is 0.497 e. The van der Waals surface area contributed by atoms with E-state index in [1.165, 1.54) is 12.8 Å². The van der Waals surface area contributed by atoms with Crippen LogP contribution in [-0.2, 0) is 6.54 Å². The molecular weight excluding hydrogens is 328 g/mol. The van der Waals surface area contributed by atoms with Crippen LogP contribution in [-0.4, -0.2) is 22.1 Å². The van der Waals surface area contributed by atoms with Gasteiger partial charge >= 0.3 is 0 Å². The van der Waals surface area contributed by atoms with Crippen molar-refractivity contribution >= 4 is 5.82 Å². The quantitative estimate of drug-likeness (QED) is 0.691. The van der Waals surface area contributed by atoms with E-state index in [2.05, 4.69) is 20.3 Å². The lowest BCUT2D eigenvalue weighted by molar-refractivity contribution is 0.407. The number of ether oxygens (including phenoxy) is 2. The second kappa shape index (κ2) is 7.39. The van der Waals surface area contributed by atoms with Crippen LogP contribution in [0.3, 0.4) is 0 Å². The van der Waals surface area contributed by atoms with Crippen molar-refractivity contribution in [3.63, 3.8) is 0 Å². The molecule has 2 heterocycles. The molecule has 132 valence electrons. The maximum atomic E-state index is 5.76. The summed E-state index contributed by atoms with van der Waals surface area (Å²) < 4.78 is 10.9. The van der Waals surface area contributed by atoms with E-state index < -0.39 is 0 Å². The fraction of sp³-hybridized carbons (Fsp3) is 0.250. The van der Waals surface area contributed by atoms with Crippen molar-refractivity contribution in [3.8, 4) is 17.4 Å². The summed E-state index contributed by atoms with van der Waals surface area (Å²) in [6.45, 7) is 0.646. The van der Waals surface area contributed by atoms with E-state index in [4.69, 9.17) is 9.47 Å². The van der Waals surface area contributed by atoms with Crippen molar-refractivity contribution in [1.82, 2.24) is 15.0 Å². The molecule has 3 aromatic rings. The first kappa shape index (κ1) is 16.3. The standard InChI is InChI=1S/C20H20N4O2/c1-25-16-3-2-4-17(11-16)26-19-8-5-14(13-23-19)12-22-18-9-10-21-20(24-18)15-6-7-15/h2-5,8-11,13,15H,6-7,12H2,1H3,(H,21,22,24). The fourth-order valence-corrected chi connectivity index (χ4v) is 2.56. The third kappa shape index (κ3) is 4.08. The first-order valence-electron chi connectivity index (χ1n) is 8.64. The molecule has 1 N–H and O–H groups in total. The van der Waals surface area contributed by atoms with Crippen LogP contribution in [0.15, 0.2) is 54.9 Å². The van der Waals surface area contributed by atoms with Gasteiger partial charge in [-0.2, -0.15) is 0 Å². The molecule has 0 aliphatic heterocycles. The van der Waals surface area contributed by atoms with Gasteiger partial charge in [0.25, 0.3) is 0 Å². The second-order valence-corrected chi connectivity index (χ2v) is 6.21. The maximum absolute atomic E-state index is 5.76. The molecule has 0 amide bonds. The fourth-order valence-electron chi connectivity index (χ4n) is 2.56. The average Bonchev–Trinajstić information content (AvgIpc) is 3.53. The third-order valence-electron chi connectivity index (χ3n) is 4.15. The number of methoxy groups -OCH3 is 1. The summed E-state index contributed by atoms with van der Waals surface area (Å²) in [5.74, 6) is 4.32. The minimum atomic E-state index is 0.542. The molecule has 6 nitrogen and oxygen atoms in total. The van der Waals surface area contributed by atoms with E-state index in [0.717, 1.165) is 23.0 Å². The van der Waals surface area contributed by atoms with Gasteiger partial charge in [0.15, 0.2) is 0 Å². The van der Waals surface area contributed by atoms with Crippen LogP contribution in [0.1, 0.15) is 30.1 Å². The SMILES string of the molecule is COc1cccc(Oc2ccc(CNc3ccnc(C4CC4)n3)cn2)c1. The predicted molar refractivity (Wildman–Crippen MR) is 98.6 cm³/mol. The first-order valence-corrected chi connectivity index (χ1v) is 8.64. The second-order valence-electron chi connectivity index (χ2n) is 6.21. The zero-order valence-corrected chi connectivity index (χ0v) is 14.6. The minimum Gasteiger partial charge on any atom is -0.497 e. The number of hydrogen-bond acceptors (Lipinski definition) is 6. The molecular formula is C20H20N4O2. The number of nitrogens with one attached hydrogen (secondary N) is 1. The van der Waals surface area contributed by atoms with Crippen molar-refractivity contribution in [2.45, 2.75) is 25.3 Å². The zero-order chi connectivity index (χ0) is 17.8. The molecule has 4 rings (SSSR count). The number of nitrogens with zero attached hydrogens (tertiary/aromatic N) is 3. The Morgan fingerprint density at radius 3 is 2.73 bits per heavy atom. The summed E-state index contributed by atoms with van der Waals surface area (Å²) in [5.41, 5.74) is 1.05. The van der Waals surface area contributed by atoms with Crippen molar-refractivity contribution in [2.75, 3.05) is 12.4 Å². The molecule has 0 bridgehead atoms. The van der Waals surface area contributed by atoms with E-state index >= 15 is 0 Å². The van der Waals surface area contributed by atoms with Crippen LogP contribution in [0.25, 0.3) is 0 Å². The molecule has 26 heavy (non-hydrogen) atoms. The summed E-state index contributed by atoms with van der Waals surface area (Å²) in [5, 5.41) is 3.32. The van der Waals surface area contributed by atoms with Crippen molar-refractivity contribution < 1.29 is 9.47 Å². The average molecular weight is 348 g/mol. The Morgan fingerprint density at radius 1 is 1.08 bits per heavy atom. The molecule has 6 heteroatoms. The number of rotatable bonds is 7. The van der Waals surface area contributed by atoms with Gasteiger partial charge in [-0.1, -0.05) is 12.1 Å². The summed E-state index contributed by atoms with van der Waals surface area (Å²) in [4.78, 5) is 13.3. The molecule has 1 saturated carbocycles. The number of aromatic nitrogens is 3. The first-order chi connectivity index (χ1) is 12.8. The van der Waals surface area contributed by atoms with Crippen LogP contribution in [0.2, 0.25) is 0 Å². The third-order valence-corrected chi connectivity index (χ3v) is 4.15. The molecule has 1 aromatic carbocycles. The highest BCUT2D eigenvalue weighted by atomic mass is 16.5. The Morgan fingerprint density at radius 2 is 1.96 bits per heavy atom. The Balaban J connectivity index is 1.36. The van der Waals surface area contributed by atoms with Gasteiger partial charge in [0, 0.05) is 37.0 Å². The van der Waals surface area contributed by atoms with Crippen LogP contribution in [0.4, 0.5) is 5.82 Å². The Bertz CT molecular complexity index is 879. The summed E-state index contributed by atoms with van der Waals surface area (Å²) in [6, 6.07) is 13.2. The van der Waals surface area contributed by atoms with Gasteiger partial charge in [-0.25, -0.2) is 15.0 Å². The summed E-state index contributed by atoms with van der Waals surface area (Å²) in [7, 11) is 1.63. The molecule has 1 fully saturated rings. The predicted octanol–water partition coefficient (Wildman–Crippen LogP) is 4.16. The summed E-state index contributed by atoms with van der Waals surface area (Å²) in [6.07, 6.45) is 6.00.